The molecule has 6 nitrogen and oxygen atoms in total. The van der Waals surface area contributed by atoms with Crippen molar-refractivity contribution in [1.82, 2.24) is 14.5 Å². The Morgan fingerprint density at radius 3 is 2.77 bits per heavy atom. The number of aromatic nitrogens is 3. The highest BCUT2D eigenvalue weighted by atomic mass is 19.3. The molecule has 3 rings (SSSR count). The van der Waals surface area contributed by atoms with Gasteiger partial charge in [0.05, 0.1) is 28.9 Å². The van der Waals surface area contributed by atoms with Crippen molar-refractivity contribution in [2.24, 2.45) is 7.05 Å². The van der Waals surface area contributed by atoms with Crippen LogP contribution >= 0.6 is 0 Å². The van der Waals surface area contributed by atoms with E-state index in [4.69, 9.17) is 10.4 Å². The van der Waals surface area contributed by atoms with Crippen LogP contribution in [0.1, 0.15) is 11.4 Å². The lowest BCUT2D eigenvalue weighted by atomic mass is 10.1. The largest absolute Gasteiger partial charge is 0.476 e. The Balaban J connectivity index is 2.43. The third-order valence-electron chi connectivity index (χ3n) is 3.38. The van der Waals surface area contributed by atoms with E-state index in [1.54, 1.807) is 12.1 Å². The fraction of sp³-hybridized carbons (Fsp3) is 0.143. The summed E-state index contributed by atoms with van der Waals surface area (Å²) in [4.78, 5) is 18.5. The molecular formula is C14H8F2N4O2. The lowest BCUT2D eigenvalue weighted by Gasteiger charge is -2.10. The summed E-state index contributed by atoms with van der Waals surface area (Å²) in [5, 5.41) is 18.1. The van der Waals surface area contributed by atoms with Crippen LogP contribution in [-0.4, -0.2) is 25.6 Å². The van der Waals surface area contributed by atoms with Crippen LogP contribution in [0, 0.1) is 11.3 Å². The highest BCUT2D eigenvalue weighted by Crippen LogP contribution is 2.32. The van der Waals surface area contributed by atoms with E-state index in [2.05, 4.69) is 9.97 Å². The molecule has 110 valence electrons. The van der Waals surface area contributed by atoms with Crippen molar-refractivity contribution in [1.29, 1.82) is 5.26 Å². The van der Waals surface area contributed by atoms with Gasteiger partial charge in [-0.05, 0) is 18.2 Å². The van der Waals surface area contributed by atoms with E-state index in [1.165, 1.54) is 19.3 Å². The summed E-state index contributed by atoms with van der Waals surface area (Å²) in [6.45, 7) is 0. The Bertz CT molecular complexity index is 972. The van der Waals surface area contributed by atoms with E-state index in [0.717, 1.165) is 4.57 Å². The summed E-state index contributed by atoms with van der Waals surface area (Å²) >= 11 is 0. The molecule has 22 heavy (non-hydrogen) atoms. The maximum absolute atomic E-state index is 13.8. The average molecular weight is 302 g/mol. The normalized spacial score (nSPS) is 11.7. The first-order valence-electron chi connectivity index (χ1n) is 6.13. The van der Waals surface area contributed by atoms with Gasteiger partial charge >= 0.3 is 11.9 Å². The smallest absolute Gasteiger partial charge is 0.399 e. The number of hydrogen-bond donors (Lipinski definition) is 1. The van der Waals surface area contributed by atoms with Gasteiger partial charge in [-0.3, -0.25) is 4.98 Å². The molecule has 0 aliphatic heterocycles. The number of carboxylic acid groups (broad SMARTS) is 1. The number of nitriles is 1. The Morgan fingerprint density at radius 1 is 1.41 bits per heavy atom. The molecule has 0 bridgehead atoms. The number of halogens is 2. The fourth-order valence-corrected chi connectivity index (χ4v) is 2.34. The number of pyridine rings is 1. The van der Waals surface area contributed by atoms with Gasteiger partial charge in [0.2, 0.25) is 0 Å². The topological polar surface area (TPSA) is 91.8 Å². The first kappa shape index (κ1) is 13.9. The van der Waals surface area contributed by atoms with Crippen LogP contribution < -0.4 is 0 Å². The van der Waals surface area contributed by atoms with Gasteiger partial charge in [-0.15, -0.1) is 0 Å². The number of benzene rings is 1. The Kier molecular flexibility index (Phi) is 2.81. The molecule has 2 aromatic heterocycles. The summed E-state index contributed by atoms with van der Waals surface area (Å²) in [6.07, 6.45) is 1.30. The van der Waals surface area contributed by atoms with Crippen LogP contribution in [0.15, 0.2) is 24.4 Å². The quantitative estimate of drug-likeness (QED) is 0.783. The zero-order valence-corrected chi connectivity index (χ0v) is 11.2. The summed E-state index contributed by atoms with van der Waals surface area (Å²) in [6, 6.07) is 6.62. The van der Waals surface area contributed by atoms with Gasteiger partial charge in [0.15, 0.2) is 5.82 Å². The van der Waals surface area contributed by atoms with Crippen molar-refractivity contribution >= 4 is 27.9 Å². The third kappa shape index (κ3) is 1.79. The maximum atomic E-state index is 13.8. The van der Waals surface area contributed by atoms with Crippen LogP contribution in [0.5, 0.6) is 0 Å². The molecule has 0 spiro atoms. The minimum atomic E-state index is -4.12. The molecule has 1 aromatic carbocycles. The lowest BCUT2D eigenvalue weighted by molar-refractivity contribution is -0.167. The summed E-state index contributed by atoms with van der Waals surface area (Å²) in [7, 11) is 1.31. The minimum Gasteiger partial charge on any atom is -0.476 e. The molecule has 0 amide bonds. The first-order valence-corrected chi connectivity index (χ1v) is 6.13. The Morgan fingerprint density at radius 2 is 2.14 bits per heavy atom. The molecule has 0 saturated carbocycles. The zero-order chi connectivity index (χ0) is 16.1. The maximum Gasteiger partial charge on any atom is 0.399 e. The van der Waals surface area contributed by atoms with Crippen LogP contribution in [0.4, 0.5) is 8.78 Å². The molecule has 0 radical (unpaired) electrons. The van der Waals surface area contributed by atoms with Crippen molar-refractivity contribution in [2.45, 2.75) is 5.92 Å². The average Bonchev–Trinajstić information content (AvgIpc) is 2.84. The molecule has 0 atom stereocenters. The number of carbonyl (C=O) groups is 1. The molecule has 0 aliphatic carbocycles. The molecule has 0 saturated heterocycles. The molecule has 3 aromatic rings. The number of carboxylic acids is 1. The second kappa shape index (κ2) is 4.46. The SMILES string of the molecule is Cn1c(C(F)(F)C(=O)O)nc2cnc3ccc(C#N)cc3c21. The molecule has 0 aliphatic rings. The van der Waals surface area contributed by atoms with E-state index < -0.39 is 17.7 Å². The van der Waals surface area contributed by atoms with E-state index >= 15 is 0 Å². The highest BCUT2D eigenvalue weighted by molar-refractivity contribution is 6.03. The number of nitrogens with zero attached hydrogens (tertiary/aromatic N) is 4. The third-order valence-corrected chi connectivity index (χ3v) is 3.38. The number of fused-ring (bicyclic) bond motifs is 3. The molecule has 0 unspecified atom stereocenters. The van der Waals surface area contributed by atoms with Crippen LogP contribution in [0.3, 0.4) is 0 Å². The van der Waals surface area contributed by atoms with E-state index in [1.807, 2.05) is 6.07 Å². The summed E-state index contributed by atoms with van der Waals surface area (Å²) in [5.74, 6) is -7.28. The number of imidazole rings is 1. The number of rotatable bonds is 2. The van der Waals surface area contributed by atoms with Gasteiger partial charge in [-0.25, -0.2) is 9.78 Å². The van der Waals surface area contributed by atoms with Gasteiger partial charge in [0.1, 0.15) is 5.52 Å². The van der Waals surface area contributed by atoms with Gasteiger partial charge < -0.3 is 9.67 Å². The highest BCUT2D eigenvalue weighted by Gasteiger charge is 2.45. The van der Waals surface area contributed by atoms with Crippen molar-refractivity contribution in [3.63, 3.8) is 0 Å². The van der Waals surface area contributed by atoms with Crippen LogP contribution in [0.2, 0.25) is 0 Å². The predicted molar refractivity (Wildman–Crippen MR) is 72.3 cm³/mol. The Hall–Kier alpha value is -3.08. The van der Waals surface area contributed by atoms with Gasteiger partial charge in [-0.2, -0.15) is 14.0 Å². The zero-order valence-electron chi connectivity index (χ0n) is 11.2. The fourth-order valence-electron chi connectivity index (χ4n) is 2.34. The van der Waals surface area contributed by atoms with Gasteiger partial charge in [0, 0.05) is 12.4 Å². The molecule has 0 fully saturated rings. The number of aliphatic carboxylic acids is 1. The van der Waals surface area contributed by atoms with Crippen molar-refractivity contribution < 1.29 is 18.7 Å². The van der Waals surface area contributed by atoms with Crippen LogP contribution in [0.25, 0.3) is 21.9 Å². The summed E-state index contributed by atoms with van der Waals surface area (Å²) in [5.41, 5.74) is 1.29. The minimum absolute atomic E-state index is 0.140. The second-order valence-corrected chi connectivity index (χ2v) is 4.71. The summed E-state index contributed by atoms with van der Waals surface area (Å²) < 4.78 is 28.6. The van der Waals surface area contributed by atoms with Crippen LogP contribution in [-0.2, 0) is 17.8 Å². The lowest BCUT2D eigenvalue weighted by Crippen LogP contribution is -2.28. The standard InChI is InChI=1S/C14H8F2N4O2/c1-20-11-8-4-7(5-17)2-3-9(8)18-6-10(11)19-12(20)14(15,16)13(21)22/h2-4,6H,1H3,(H,21,22). The van der Waals surface area contributed by atoms with Gasteiger partial charge in [0.25, 0.3) is 0 Å². The van der Waals surface area contributed by atoms with E-state index in [0.29, 0.717) is 22.0 Å². The number of alkyl halides is 2. The first-order chi connectivity index (χ1) is 10.4. The van der Waals surface area contributed by atoms with Gasteiger partial charge in [-0.1, -0.05) is 0 Å². The molecule has 2 heterocycles. The second-order valence-electron chi connectivity index (χ2n) is 4.71. The predicted octanol–water partition coefficient (Wildman–Crippen LogP) is 2.17. The molecule has 1 N–H and O–H groups in total. The van der Waals surface area contributed by atoms with E-state index in [9.17, 15) is 13.6 Å². The Labute approximate surface area is 122 Å². The monoisotopic (exact) mass is 302 g/mol. The molecular weight excluding hydrogens is 294 g/mol. The van der Waals surface area contributed by atoms with Crippen molar-refractivity contribution in [3.05, 3.63) is 35.8 Å². The number of aryl methyl sites for hydroxylation is 1. The van der Waals surface area contributed by atoms with Crippen molar-refractivity contribution in [3.8, 4) is 6.07 Å². The number of hydrogen-bond acceptors (Lipinski definition) is 4. The van der Waals surface area contributed by atoms with Crippen molar-refractivity contribution in [2.75, 3.05) is 0 Å². The molecule has 8 heteroatoms. The van der Waals surface area contributed by atoms with E-state index in [-0.39, 0.29) is 5.52 Å².